The maximum absolute atomic E-state index is 9.82. The second-order valence-corrected chi connectivity index (χ2v) is 5.54. The third-order valence-corrected chi connectivity index (χ3v) is 4.01. The highest BCUT2D eigenvalue weighted by atomic mass is 16.3. The van der Waals surface area contributed by atoms with E-state index in [1.165, 1.54) is 5.56 Å². The smallest absolute Gasteiger partial charge is 0.0662 e. The summed E-state index contributed by atoms with van der Waals surface area (Å²) in [5, 5.41) is 13.4. The fourth-order valence-electron chi connectivity index (χ4n) is 2.65. The van der Waals surface area contributed by atoms with Crippen LogP contribution in [0.15, 0.2) is 24.3 Å². The summed E-state index contributed by atoms with van der Waals surface area (Å²) in [6.45, 7) is 4.47. The minimum atomic E-state index is -0.156. The van der Waals surface area contributed by atoms with Crippen molar-refractivity contribution >= 4 is 5.69 Å². The molecule has 1 aliphatic rings. The van der Waals surface area contributed by atoms with Crippen LogP contribution in [0.2, 0.25) is 0 Å². The molecule has 1 fully saturated rings. The molecule has 2 rings (SSSR count). The summed E-state index contributed by atoms with van der Waals surface area (Å²) in [5.74, 6) is 0. The van der Waals surface area contributed by atoms with Crippen molar-refractivity contribution < 1.29 is 5.11 Å². The van der Waals surface area contributed by atoms with Gasteiger partial charge in [-0.1, -0.05) is 18.2 Å². The average molecular weight is 248 g/mol. The van der Waals surface area contributed by atoms with E-state index in [2.05, 4.69) is 36.3 Å². The quantitative estimate of drug-likeness (QED) is 0.861. The van der Waals surface area contributed by atoms with Gasteiger partial charge in [0, 0.05) is 12.2 Å². The molecule has 0 saturated carbocycles. The molecule has 2 N–H and O–H groups in total. The Bertz CT molecular complexity index is 394. The van der Waals surface area contributed by atoms with Gasteiger partial charge in [0.15, 0.2) is 0 Å². The van der Waals surface area contributed by atoms with Gasteiger partial charge in [-0.15, -0.1) is 0 Å². The summed E-state index contributed by atoms with van der Waals surface area (Å²) >= 11 is 0. The van der Waals surface area contributed by atoms with E-state index in [4.69, 9.17) is 0 Å². The summed E-state index contributed by atoms with van der Waals surface area (Å²) in [5.41, 5.74) is 2.23. The number of para-hydroxylation sites is 1. The largest absolute Gasteiger partial charge is 0.394 e. The second kappa shape index (κ2) is 5.72. The number of anilines is 1. The zero-order valence-corrected chi connectivity index (χ0v) is 11.4. The first-order chi connectivity index (χ1) is 8.65. The molecule has 0 amide bonds. The highest BCUT2D eigenvalue weighted by Crippen LogP contribution is 2.28. The number of benzene rings is 1. The van der Waals surface area contributed by atoms with Crippen LogP contribution in [0.3, 0.4) is 0 Å². The lowest BCUT2D eigenvalue weighted by Gasteiger charge is -2.33. The van der Waals surface area contributed by atoms with Crippen LogP contribution in [-0.4, -0.2) is 42.3 Å². The normalized spacial score (nSPS) is 25.7. The monoisotopic (exact) mass is 248 g/mol. The van der Waals surface area contributed by atoms with Crippen molar-refractivity contribution in [2.45, 2.75) is 31.7 Å². The molecule has 0 aliphatic carbocycles. The number of hydrogen-bond donors (Lipinski definition) is 2. The molecule has 1 atom stereocenters. The maximum atomic E-state index is 9.82. The van der Waals surface area contributed by atoms with Gasteiger partial charge in [0.1, 0.15) is 0 Å². The van der Waals surface area contributed by atoms with Gasteiger partial charge in [-0.2, -0.15) is 0 Å². The molecule has 1 aliphatic heterocycles. The molecule has 3 nitrogen and oxygen atoms in total. The Labute approximate surface area is 110 Å². The first kappa shape index (κ1) is 13.4. The predicted octanol–water partition coefficient (Wildman–Crippen LogP) is 2.25. The number of nitrogens with zero attached hydrogens (tertiary/aromatic N) is 1. The number of aryl methyl sites for hydroxylation is 1. The number of nitrogens with one attached hydrogen (secondary N) is 1. The molecular formula is C15H24N2O. The Morgan fingerprint density at radius 3 is 2.78 bits per heavy atom. The van der Waals surface area contributed by atoms with Crippen LogP contribution in [0, 0.1) is 6.92 Å². The maximum Gasteiger partial charge on any atom is 0.0662 e. The molecule has 0 spiro atoms. The Kier molecular flexibility index (Phi) is 4.25. The summed E-state index contributed by atoms with van der Waals surface area (Å²) in [4.78, 5) is 2.34. The van der Waals surface area contributed by atoms with Crippen molar-refractivity contribution in [2.24, 2.45) is 0 Å². The van der Waals surface area contributed by atoms with Crippen LogP contribution >= 0.6 is 0 Å². The molecule has 0 aromatic heterocycles. The molecule has 1 aromatic rings. The molecule has 1 unspecified atom stereocenters. The molecule has 0 radical (unpaired) electrons. The fraction of sp³-hybridized carbons (Fsp3) is 0.600. The molecule has 1 aromatic carbocycles. The summed E-state index contributed by atoms with van der Waals surface area (Å²) < 4.78 is 0. The van der Waals surface area contributed by atoms with E-state index in [-0.39, 0.29) is 12.1 Å². The van der Waals surface area contributed by atoms with Crippen molar-refractivity contribution in [2.75, 3.05) is 32.1 Å². The van der Waals surface area contributed by atoms with Gasteiger partial charge in [-0.3, -0.25) is 0 Å². The highest BCUT2D eigenvalue weighted by Gasteiger charge is 2.31. The van der Waals surface area contributed by atoms with Gasteiger partial charge in [0.05, 0.1) is 12.1 Å². The van der Waals surface area contributed by atoms with Gasteiger partial charge in [0.25, 0.3) is 0 Å². The number of likely N-dealkylation sites (tertiary alicyclic amines) is 1. The third-order valence-electron chi connectivity index (χ3n) is 4.01. The standard InChI is InChI=1S/C15H24N2O/c1-13-6-3-4-7-14(13)16-15(12-18)8-5-10-17(2)11-9-15/h3-4,6-7,16,18H,5,8-12H2,1-2H3. The van der Waals surface area contributed by atoms with Crippen molar-refractivity contribution in [1.82, 2.24) is 4.90 Å². The fourth-order valence-corrected chi connectivity index (χ4v) is 2.65. The van der Waals surface area contributed by atoms with Crippen LogP contribution in [-0.2, 0) is 0 Å². The van der Waals surface area contributed by atoms with Crippen molar-refractivity contribution in [3.05, 3.63) is 29.8 Å². The van der Waals surface area contributed by atoms with Crippen molar-refractivity contribution in [3.8, 4) is 0 Å². The van der Waals surface area contributed by atoms with E-state index in [1.807, 2.05) is 12.1 Å². The highest BCUT2D eigenvalue weighted by molar-refractivity contribution is 5.52. The predicted molar refractivity (Wildman–Crippen MR) is 76.0 cm³/mol. The molecule has 100 valence electrons. The topological polar surface area (TPSA) is 35.5 Å². The zero-order chi connectivity index (χ0) is 13.0. The van der Waals surface area contributed by atoms with Crippen molar-refractivity contribution in [3.63, 3.8) is 0 Å². The lowest BCUT2D eigenvalue weighted by Crippen LogP contribution is -2.43. The third kappa shape index (κ3) is 3.03. The van der Waals surface area contributed by atoms with Crippen molar-refractivity contribution in [1.29, 1.82) is 0 Å². The van der Waals surface area contributed by atoms with Gasteiger partial charge in [-0.05, 0) is 51.4 Å². The second-order valence-electron chi connectivity index (χ2n) is 5.54. The lowest BCUT2D eigenvalue weighted by molar-refractivity contribution is 0.195. The average Bonchev–Trinajstić information content (AvgIpc) is 2.56. The zero-order valence-electron chi connectivity index (χ0n) is 11.4. The molecule has 1 heterocycles. The SMILES string of the molecule is Cc1ccccc1NC1(CO)CCCN(C)CC1. The number of rotatable bonds is 3. The van der Waals surface area contributed by atoms with E-state index in [0.29, 0.717) is 0 Å². The number of aliphatic hydroxyl groups excluding tert-OH is 1. The Morgan fingerprint density at radius 2 is 2.06 bits per heavy atom. The lowest BCUT2D eigenvalue weighted by atomic mass is 9.90. The first-order valence-electron chi connectivity index (χ1n) is 6.78. The molecule has 3 heteroatoms. The van der Waals surface area contributed by atoms with Crippen LogP contribution in [0.5, 0.6) is 0 Å². The van der Waals surface area contributed by atoms with E-state index >= 15 is 0 Å². The Balaban J connectivity index is 2.15. The molecule has 18 heavy (non-hydrogen) atoms. The van der Waals surface area contributed by atoms with E-state index in [9.17, 15) is 5.11 Å². The number of aliphatic hydroxyl groups is 1. The van der Waals surface area contributed by atoms with Gasteiger partial charge >= 0.3 is 0 Å². The van der Waals surface area contributed by atoms with Crippen LogP contribution in [0.25, 0.3) is 0 Å². The molecular weight excluding hydrogens is 224 g/mol. The van der Waals surface area contributed by atoms with Gasteiger partial charge in [0.2, 0.25) is 0 Å². The summed E-state index contributed by atoms with van der Waals surface area (Å²) in [7, 11) is 2.15. The Morgan fingerprint density at radius 1 is 1.28 bits per heavy atom. The summed E-state index contributed by atoms with van der Waals surface area (Å²) in [6, 6.07) is 8.30. The summed E-state index contributed by atoms with van der Waals surface area (Å²) in [6.07, 6.45) is 3.16. The first-order valence-corrected chi connectivity index (χ1v) is 6.78. The van der Waals surface area contributed by atoms with Crippen LogP contribution < -0.4 is 5.32 Å². The van der Waals surface area contributed by atoms with Gasteiger partial charge < -0.3 is 15.3 Å². The minimum absolute atomic E-state index is 0.156. The molecule has 1 saturated heterocycles. The van der Waals surface area contributed by atoms with E-state index < -0.39 is 0 Å². The minimum Gasteiger partial charge on any atom is -0.394 e. The van der Waals surface area contributed by atoms with E-state index in [0.717, 1.165) is 38.0 Å². The van der Waals surface area contributed by atoms with Crippen LogP contribution in [0.1, 0.15) is 24.8 Å². The van der Waals surface area contributed by atoms with E-state index in [1.54, 1.807) is 0 Å². The molecule has 0 bridgehead atoms. The van der Waals surface area contributed by atoms with Crippen LogP contribution in [0.4, 0.5) is 5.69 Å². The van der Waals surface area contributed by atoms with Gasteiger partial charge in [-0.25, -0.2) is 0 Å². The number of hydrogen-bond acceptors (Lipinski definition) is 3. The Hall–Kier alpha value is -1.06.